The molecule has 1 fully saturated rings. The Morgan fingerprint density at radius 1 is 1.14 bits per heavy atom. The molecule has 0 aromatic carbocycles. The van der Waals surface area contributed by atoms with Crippen LogP contribution in [0.15, 0.2) is 0 Å². The van der Waals surface area contributed by atoms with Crippen LogP contribution in [0.2, 0.25) is 0 Å². The van der Waals surface area contributed by atoms with Gasteiger partial charge in [0.25, 0.3) is 0 Å². The van der Waals surface area contributed by atoms with Crippen molar-refractivity contribution in [2.45, 2.75) is 41.0 Å². The van der Waals surface area contributed by atoms with Gasteiger partial charge in [-0.15, -0.1) is 0 Å². The van der Waals surface area contributed by atoms with Crippen LogP contribution in [-0.2, 0) is 4.79 Å². The molecule has 0 aliphatic carbocycles. The number of carbonyl (C=O) groups excluding carboxylic acids is 1. The highest BCUT2D eigenvalue weighted by atomic mass is 16.2. The number of amides is 1. The molecule has 0 bridgehead atoms. The molecule has 0 aromatic heterocycles. The molecule has 1 aliphatic rings. The van der Waals surface area contributed by atoms with E-state index in [0.717, 1.165) is 13.1 Å². The first-order valence-corrected chi connectivity index (χ1v) is 5.60. The maximum absolute atomic E-state index is 12.0. The Morgan fingerprint density at radius 2 is 1.57 bits per heavy atom. The molecular formula is C12H23NO. The molecule has 0 spiro atoms. The van der Waals surface area contributed by atoms with E-state index in [0.29, 0.717) is 17.7 Å². The molecule has 0 N–H and O–H groups in total. The Labute approximate surface area is 87.7 Å². The summed E-state index contributed by atoms with van der Waals surface area (Å²) in [4.78, 5) is 14.1. The van der Waals surface area contributed by atoms with E-state index in [4.69, 9.17) is 0 Å². The normalized spacial score (nSPS) is 29.1. The highest BCUT2D eigenvalue weighted by Crippen LogP contribution is 2.25. The molecule has 1 amide bonds. The lowest BCUT2D eigenvalue weighted by atomic mass is 9.88. The molecule has 2 nitrogen and oxygen atoms in total. The number of piperidine rings is 1. The Hall–Kier alpha value is -0.530. The Bertz CT molecular complexity index is 207. The molecule has 0 saturated carbocycles. The second-order valence-corrected chi connectivity index (χ2v) is 5.91. The van der Waals surface area contributed by atoms with Crippen molar-refractivity contribution >= 4 is 5.91 Å². The molecular weight excluding hydrogens is 174 g/mol. The summed E-state index contributed by atoms with van der Waals surface area (Å²) < 4.78 is 0. The van der Waals surface area contributed by atoms with Crippen LogP contribution in [0.5, 0.6) is 0 Å². The summed E-state index contributed by atoms with van der Waals surface area (Å²) in [5.41, 5.74) is -0.225. The first-order chi connectivity index (χ1) is 6.30. The van der Waals surface area contributed by atoms with Crippen molar-refractivity contribution < 1.29 is 4.79 Å². The third kappa shape index (κ3) is 2.73. The molecule has 2 atom stereocenters. The molecule has 1 aliphatic heterocycles. The van der Waals surface area contributed by atoms with E-state index in [-0.39, 0.29) is 5.41 Å². The van der Waals surface area contributed by atoms with Crippen molar-refractivity contribution in [2.75, 3.05) is 13.1 Å². The molecule has 1 saturated heterocycles. The number of carbonyl (C=O) groups is 1. The highest BCUT2D eigenvalue weighted by Gasteiger charge is 2.31. The van der Waals surface area contributed by atoms with Crippen molar-refractivity contribution in [3.8, 4) is 0 Å². The molecule has 1 heterocycles. The zero-order chi connectivity index (χ0) is 10.9. The number of nitrogens with zero attached hydrogens (tertiary/aromatic N) is 1. The Morgan fingerprint density at radius 3 is 1.93 bits per heavy atom. The summed E-state index contributed by atoms with van der Waals surface area (Å²) in [6.45, 7) is 12.4. The summed E-state index contributed by atoms with van der Waals surface area (Å²) in [5.74, 6) is 1.62. The van der Waals surface area contributed by atoms with E-state index >= 15 is 0 Å². The van der Waals surface area contributed by atoms with Gasteiger partial charge >= 0.3 is 0 Å². The maximum atomic E-state index is 12.0. The SMILES string of the molecule is C[C@H]1C[C@H](C)CN(C(=O)C(C)(C)C)C1. The van der Waals surface area contributed by atoms with Crippen molar-refractivity contribution in [1.82, 2.24) is 4.90 Å². The fourth-order valence-electron chi connectivity index (χ4n) is 2.30. The fourth-order valence-corrected chi connectivity index (χ4v) is 2.30. The summed E-state index contributed by atoms with van der Waals surface area (Å²) in [6, 6.07) is 0. The van der Waals surface area contributed by atoms with Gasteiger partial charge in [0.05, 0.1) is 0 Å². The number of likely N-dealkylation sites (tertiary alicyclic amines) is 1. The minimum absolute atomic E-state index is 0.225. The maximum Gasteiger partial charge on any atom is 0.227 e. The van der Waals surface area contributed by atoms with Crippen LogP contribution in [-0.4, -0.2) is 23.9 Å². The van der Waals surface area contributed by atoms with Crippen LogP contribution < -0.4 is 0 Å². The van der Waals surface area contributed by atoms with Gasteiger partial charge in [-0.2, -0.15) is 0 Å². The molecule has 14 heavy (non-hydrogen) atoms. The van der Waals surface area contributed by atoms with E-state index in [1.54, 1.807) is 0 Å². The first kappa shape index (κ1) is 11.5. The van der Waals surface area contributed by atoms with Gasteiger partial charge in [-0.1, -0.05) is 34.6 Å². The fraction of sp³-hybridized carbons (Fsp3) is 0.917. The summed E-state index contributed by atoms with van der Waals surface area (Å²) in [6.07, 6.45) is 1.26. The van der Waals surface area contributed by atoms with Crippen molar-refractivity contribution in [1.29, 1.82) is 0 Å². The average Bonchev–Trinajstić information content (AvgIpc) is 1.99. The summed E-state index contributed by atoms with van der Waals surface area (Å²) in [5, 5.41) is 0. The van der Waals surface area contributed by atoms with Gasteiger partial charge in [-0.3, -0.25) is 4.79 Å². The molecule has 0 radical (unpaired) electrons. The van der Waals surface area contributed by atoms with Crippen LogP contribution in [0.3, 0.4) is 0 Å². The first-order valence-electron chi connectivity index (χ1n) is 5.60. The lowest BCUT2D eigenvalue weighted by molar-refractivity contribution is -0.142. The van der Waals surface area contributed by atoms with Crippen LogP contribution in [0.25, 0.3) is 0 Å². The molecule has 82 valence electrons. The van der Waals surface area contributed by atoms with E-state index in [9.17, 15) is 4.79 Å². The van der Waals surface area contributed by atoms with Crippen LogP contribution in [0, 0.1) is 17.3 Å². The van der Waals surface area contributed by atoms with Gasteiger partial charge in [0.2, 0.25) is 5.91 Å². The topological polar surface area (TPSA) is 20.3 Å². The van der Waals surface area contributed by atoms with Gasteiger partial charge < -0.3 is 4.90 Å². The van der Waals surface area contributed by atoms with Gasteiger partial charge in [0, 0.05) is 18.5 Å². The van der Waals surface area contributed by atoms with Crippen LogP contribution in [0.1, 0.15) is 41.0 Å². The van der Waals surface area contributed by atoms with Crippen molar-refractivity contribution in [3.05, 3.63) is 0 Å². The smallest absolute Gasteiger partial charge is 0.227 e. The van der Waals surface area contributed by atoms with Gasteiger partial charge in [-0.05, 0) is 18.3 Å². The Kier molecular flexibility index (Phi) is 3.23. The highest BCUT2D eigenvalue weighted by molar-refractivity contribution is 5.81. The molecule has 0 unspecified atom stereocenters. The predicted octanol–water partition coefficient (Wildman–Crippen LogP) is 2.54. The molecule has 2 heteroatoms. The standard InChI is InChI=1S/C12H23NO/c1-9-6-10(2)8-13(7-9)11(14)12(3,4)5/h9-10H,6-8H2,1-5H3/t9-,10-/m0/s1. The quantitative estimate of drug-likeness (QED) is 0.584. The lowest BCUT2D eigenvalue weighted by Crippen LogP contribution is -2.47. The third-order valence-corrected chi connectivity index (χ3v) is 2.80. The second kappa shape index (κ2) is 3.92. The average molecular weight is 197 g/mol. The number of hydrogen-bond acceptors (Lipinski definition) is 1. The zero-order valence-corrected chi connectivity index (χ0v) is 10.1. The molecule has 0 aromatic rings. The largest absolute Gasteiger partial charge is 0.342 e. The summed E-state index contributed by atoms with van der Waals surface area (Å²) >= 11 is 0. The lowest BCUT2D eigenvalue weighted by Gasteiger charge is -2.38. The zero-order valence-electron chi connectivity index (χ0n) is 10.1. The summed E-state index contributed by atoms with van der Waals surface area (Å²) in [7, 11) is 0. The number of rotatable bonds is 0. The van der Waals surface area contributed by atoms with Crippen molar-refractivity contribution in [2.24, 2.45) is 17.3 Å². The second-order valence-electron chi connectivity index (χ2n) is 5.91. The molecule has 1 rings (SSSR count). The van der Waals surface area contributed by atoms with E-state index < -0.39 is 0 Å². The van der Waals surface area contributed by atoms with E-state index in [2.05, 4.69) is 13.8 Å². The third-order valence-electron chi connectivity index (χ3n) is 2.80. The predicted molar refractivity (Wildman–Crippen MR) is 59.0 cm³/mol. The van der Waals surface area contributed by atoms with Crippen LogP contribution >= 0.6 is 0 Å². The minimum atomic E-state index is -0.225. The van der Waals surface area contributed by atoms with E-state index in [1.807, 2.05) is 25.7 Å². The van der Waals surface area contributed by atoms with Crippen molar-refractivity contribution in [3.63, 3.8) is 0 Å². The van der Waals surface area contributed by atoms with E-state index in [1.165, 1.54) is 6.42 Å². The van der Waals surface area contributed by atoms with Gasteiger partial charge in [-0.25, -0.2) is 0 Å². The number of hydrogen-bond donors (Lipinski definition) is 0. The van der Waals surface area contributed by atoms with Gasteiger partial charge in [0.1, 0.15) is 0 Å². The van der Waals surface area contributed by atoms with Gasteiger partial charge in [0.15, 0.2) is 0 Å². The minimum Gasteiger partial charge on any atom is -0.342 e. The Balaban J connectivity index is 2.64. The van der Waals surface area contributed by atoms with Crippen LogP contribution in [0.4, 0.5) is 0 Å². The monoisotopic (exact) mass is 197 g/mol.